The fraction of sp³-hybridized carbons (Fsp3) is 0.154. The van der Waals surface area contributed by atoms with Gasteiger partial charge in [-0.1, -0.05) is 15.9 Å². The maximum absolute atomic E-state index is 13.5. The molecule has 18 heavy (non-hydrogen) atoms. The standard InChI is InChI=1S/C13H9BrF2O2/c14-6-5-11(17)13-4-3-12(18-13)9-2-1-8(15)7-10(9)16/h1-4,7H,5-6H2. The lowest BCUT2D eigenvalue weighted by atomic mass is 10.1. The summed E-state index contributed by atoms with van der Waals surface area (Å²) in [6.45, 7) is 0. The Morgan fingerprint density at radius 2 is 2.00 bits per heavy atom. The summed E-state index contributed by atoms with van der Waals surface area (Å²) in [6, 6.07) is 6.18. The molecule has 0 saturated carbocycles. The van der Waals surface area contributed by atoms with Crippen molar-refractivity contribution in [2.45, 2.75) is 6.42 Å². The molecule has 1 aromatic carbocycles. The number of hydrogen-bond acceptors (Lipinski definition) is 2. The van der Waals surface area contributed by atoms with Crippen LogP contribution in [0.2, 0.25) is 0 Å². The van der Waals surface area contributed by atoms with Crippen molar-refractivity contribution in [1.82, 2.24) is 0 Å². The number of halogens is 3. The van der Waals surface area contributed by atoms with Gasteiger partial charge >= 0.3 is 0 Å². The van der Waals surface area contributed by atoms with Gasteiger partial charge in [-0.2, -0.15) is 0 Å². The lowest BCUT2D eigenvalue weighted by Crippen LogP contribution is -1.96. The van der Waals surface area contributed by atoms with Gasteiger partial charge in [0, 0.05) is 17.8 Å². The van der Waals surface area contributed by atoms with Gasteiger partial charge in [0.15, 0.2) is 11.5 Å². The minimum Gasteiger partial charge on any atom is -0.453 e. The van der Waals surface area contributed by atoms with Crippen LogP contribution in [0.15, 0.2) is 34.7 Å². The zero-order valence-corrected chi connectivity index (χ0v) is 10.8. The second-order valence-corrected chi connectivity index (χ2v) is 4.44. The largest absolute Gasteiger partial charge is 0.453 e. The second-order valence-electron chi connectivity index (χ2n) is 3.65. The number of hydrogen-bond donors (Lipinski definition) is 0. The molecule has 0 radical (unpaired) electrons. The number of Topliss-reactive ketones (excluding diaryl/α,β-unsaturated/α-hetero) is 1. The van der Waals surface area contributed by atoms with Gasteiger partial charge in [-0.25, -0.2) is 8.78 Å². The SMILES string of the molecule is O=C(CCBr)c1ccc(-c2ccc(F)cc2F)o1. The minimum atomic E-state index is -0.719. The highest BCUT2D eigenvalue weighted by molar-refractivity contribution is 9.09. The molecule has 0 saturated heterocycles. The summed E-state index contributed by atoms with van der Waals surface area (Å²) in [5, 5.41) is 0.535. The molecule has 0 fully saturated rings. The highest BCUT2D eigenvalue weighted by Crippen LogP contribution is 2.26. The van der Waals surface area contributed by atoms with E-state index >= 15 is 0 Å². The van der Waals surface area contributed by atoms with E-state index in [0.717, 1.165) is 12.1 Å². The second kappa shape index (κ2) is 5.44. The van der Waals surface area contributed by atoms with Crippen LogP contribution in [0.5, 0.6) is 0 Å². The first-order chi connectivity index (χ1) is 8.61. The molecule has 0 bridgehead atoms. The quantitative estimate of drug-likeness (QED) is 0.625. The minimum absolute atomic E-state index is 0.134. The number of furan rings is 1. The van der Waals surface area contributed by atoms with Crippen molar-refractivity contribution in [1.29, 1.82) is 0 Å². The first-order valence-electron chi connectivity index (χ1n) is 5.26. The molecule has 5 heteroatoms. The van der Waals surface area contributed by atoms with Gasteiger partial charge in [0.25, 0.3) is 0 Å². The molecule has 2 aromatic rings. The fourth-order valence-corrected chi connectivity index (χ4v) is 1.89. The summed E-state index contributed by atoms with van der Waals surface area (Å²) < 4.78 is 31.5. The zero-order valence-electron chi connectivity index (χ0n) is 9.25. The molecule has 0 unspecified atom stereocenters. The first-order valence-corrected chi connectivity index (χ1v) is 6.38. The summed E-state index contributed by atoms with van der Waals surface area (Å²) in [5.74, 6) is -1.15. The average Bonchev–Trinajstić information content (AvgIpc) is 2.78. The van der Waals surface area contributed by atoms with Crippen LogP contribution in [0, 0.1) is 11.6 Å². The molecule has 2 rings (SSSR count). The van der Waals surface area contributed by atoms with Crippen molar-refractivity contribution in [3.63, 3.8) is 0 Å². The Morgan fingerprint density at radius 1 is 1.22 bits per heavy atom. The lowest BCUT2D eigenvalue weighted by Gasteiger charge is -1.99. The van der Waals surface area contributed by atoms with Crippen molar-refractivity contribution in [2.24, 2.45) is 0 Å². The highest BCUT2D eigenvalue weighted by atomic mass is 79.9. The molecule has 0 amide bonds. The van der Waals surface area contributed by atoms with Gasteiger partial charge in [-0.05, 0) is 24.3 Å². The first kappa shape index (κ1) is 13.0. The third kappa shape index (κ3) is 2.67. The van der Waals surface area contributed by atoms with Crippen LogP contribution in [0.3, 0.4) is 0 Å². The van der Waals surface area contributed by atoms with Crippen LogP contribution in [-0.4, -0.2) is 11.1 Å². The summed E-state index contributed by atoms with van der Waals surface area (Å²) in [6.07, 6.45) is 0.304. The monoisotopic (exact) mass is 314 g/mol. The number of carbonyl (C=O) groups excluding carboxylic acids is 1. The predicted octanol–water partition coefficient (Wildman–Crippen LogP) is 4.19. The molecular weight excluding hydrogens is 306 g/mol. The Labute approximate surface area is 111 Å². The number of ketones is 1. The van der Waals surface area contributed by atoms with Crippen molar-refractivity contribution in [3.05, 3.63) is 47.7 Å². The number of alkyl halides is 1. The molecule has 0 atom stereocenters. The third-order valence-corrected chi connectivity index (χ3v) is 2.80. The molecule has 1 heterocycles. The predicted molar refractivity (Wildman–Crippen MR) is 66.8 cm³/mol. The van der Waals surface area contributed by atoms with Gasteiger partial charge < -0.3 is 4.42 Å². The average molecular weight is 315 g/mol. The zero-order chi connectivity index (χ0) is 13.1. The molecule has 1 aromatic heterocycles. The van der Waals surface area contributed by atoms with Crippen LogP contribution >= 0.6 is 15.9 Å². The van der Waals surface area contributed by atoms with Crippen LogP contribution in [0.25, 0.3) is 11.3 Å². The van der Waals surface area contributed by atoms with Gasteiger partial charge in [0.1, 0.15) is 17.4 Å². The van der Waals surface area contributed by atoms with Crippen LogP contribution < -0.4 is 0 Å². The molecular formula is C13H9BrF2O2. The van der Waals surface area contributed by atoms with E-state index in [4.69, 9.17) is 4.42 Å². The van der Waals surface area contributed by atoms with Gasteiger partial charge in [-0.15, -0.1) is 0 Å². The van der Waals surface area contributed by atoms with Crippen molar-refractivity contribution < 1.29 is 18.0 Å². The highest BCUT2D eigenvalue weighted by Gasteiger charge is 2.14. The van der Waals surface area contributed by atoms with Crippen molar-refractivity contribution >= 4 is 21.7 Å². The van der Waals surface area contributed by atoms with Crippen molar-refractivity contribution in [2.75, 3.05) is 5.33 Å². The van der Waals surface area contributed by atoms with Crippen LogP contribution in [-0.2, 0) is 0 Å². The summed E-state index contributed by atoms with van der Waals surface area (Å²) in [7, 11) is 0. The number of carbonyl (C=O) groups is 1. The molecule has 0 N–H and O–H groups in total. The Balaban J connectivity index is 2.32. The molecule has 0 spiro atoms. The Morgan fingerprint density at radius 3 is 2.67 bits per heavy atom. The van der Waals surface area contributed by atoms with E-state index in [0.29, 0.717) is 11.8 Å². The van der Waals surface area contributed by atoms with E-state index in [9.17, 15) is 13.6 Å². The van der Waals surface area contributed by atoms with E-state index < -0.39 is 11.6 Å². The number of benzene rings is 1. The normalized spacial score (nSPS) is 10.6. The van der Waals surface area contributed by atoms with E-state index in [1.54, 1.807) is 0 Å². The van der Waals surface area contributed by atoms with Gasteiger partial charge in [0.05, 0.1) is 5.56 Å². The molecule has 0 aliphatic carbocycles. The molecule has 94 valence electrons. The van der Waals surface area contributed by atoms with E-state index in [-0.39, 0.29) is 22.9 Å². The molecule has 0 aliphatic heterocycles. The van der Waals surface area contributed by atoms with E-state index in [1.807, 2.05) is 0 Å². The third-order valence-electron chi connectivity index (χ3n) is 2.40. The Bertz CT molecular complexity index is 578. The van der Waals surface area contributed by atoms with Gasteiger partial charge in [-0.3, -0.25) is 4.79 Å². The fourth-order valence-electron chi connectivity index (χ4n) is 1.53. The maximum Gasteiger partial charge on any atom is 0.198 e. The Hall–Kier alpha value is -1.49. The van der Waals surface area contributed by atoms with Crippen molar-refractivity contribution in [3.8, 4) is 11.3 Å². The topological polar surface area (TPSA) is 30.2 Å². The number of rotatable bonds is 4. The van der Waals surface area contributed by atoms with E-state index in [2.05, 4.69) is 15.9 Å². The summed E-state index contributed by atoms with van der Waals surface area (Å²) in [5.41, 5.74) is 0.134. The van der Waals surface area contributed by atoms with Crippen LogP contribution in [0.1, 0.15) is 17.0 Å². The Kier molecular flexibility index (Phi) is 3.91. The van der Waals surface area contributed by atoms with Gasteiger partial charge in [0.2, 0.25) is 0 Å². The van der Waals surface area contributed by atoms with Crippen LogP contribution in [0.4, 0.5) is 8.78 Å². The lowest BCUT2D eigenvalue weighted by molar-refractivity contribution is 0.0964. The summed E-state index contributed by atoms with van der Waals surface area (Å²) in [4.78, 5) is 11.6. The molecule has 2 nitrogen and oxygen atoms in total. The molecule has 0 aliphatic rings. The smallest absolute Gasteiger partial charge is 0.198 e. The summed E-state index contributed by atoms with van der Waals surface area (Å²) >= 11 is 3.15. The van der Waals surface area contributed by atoms with E-state index in [1.165, 1.54) is 18.2 Å². The maximum atomic E-state index is 13.5.